The van der Waals surface area contributed by atoms with E-state index in [1.807, 2.05) is 31.2 Å². The lowest BCUT2D eigenvalue weighted by molar-refractivity contribution is -0.140. The molecule has 2 heterocycles. The van der Waals surface area contributed by atoms with Crippen molar-refractivity contribution in [2.45, 2.75) is 45.6 Å². The number of ketones is 1. The number of likely N-dealkylation sites (tertiary alicyclic amines) is 1. The number of carbonyl (C=O) groups excluding carboxylic acids is 2. The summed E-state index contributed by atoms with van der Waals surface area (Å²) in [4.78, 5) is 30.6. The number of aliphatic hydroxyl groups is 1. The van der Waals surface area contributed by atoms with Crippen LogP contribution in [0.3, 0.4) is 0 Å². The molecule has 1 N–H and O–H groups in total. The molecule has 2 fully saturated rings. The summed E-state index contributed by atoms with van der Waals surface area (Å²) in [5, 5.41) is 11.4. The van der Waals surface area contributed by atoms with E-state index in [0.29, 0.717) is 56.5 Å². The van der Waals surface area contributed by atoms with Gasteiger partial charge in [0.1, 0.15) is 17.3 Å². The normalized spacial score (nSPS) is 19.4. The van der Waals surface area contributed by atoms with E-state index >= 15 is 0 Å². The van der Waals surface area contributed by atoms with Crippen molar-refractivity contribution in [3.05, 3.63) is 65.2 Å². The highest BCUT2D eigenvalue weighted by Crippen LogP contribution is 2.40. The van der Waals surface area contributed by atoms with Gasteiger partial charge in [-0.1, -0.05) is 32.4 Å². The molecule has 0 radical (unpaired) electrons. The average Bonchev–Trinajstić information content (AvgIpc) is 3.22. The number of Topliss-reactive ketones (excluding diaryl/α,β-unsaturated/α-hetero) is 1. The first kappa shape index (κ1) is 28.6. The standard InChI is InChI=1S/C31H40N2O6/c1-3-5-19-39-26-9-6-8-24(22-26)28-27(29(34)23-10-12-25(13-11-23)38-18-4-2)30(35)31(36)33(28)15-7-14-32-16-20-37-21-17-32/h6,8-13,22,28,34H,3-5,7,14-21H2,1-2H3. The fourth-order valence-electron chi connectivity index (χ4n) is 4.94. The molecule has 0 spiro atoms. The highest BCUT2D eigenvalue weighted by atomic mass is 16.5. The summed E-state index contributed by atoms with van der Waals surface area (Å²) in [5.74, 6) is -0.0904. The van der Waals surface area contributed by atoms with Gasteiger partial charge in [-0.3, -0.25) is 14.5 Å². The lowest BCUT2D eigenvalue weighted by Gasteiger charge is -2.29. The van der Waals surface area contributed by atoms with Gasteiger partial charge in [0.25, 0.3) is 11.7 Å². The van der Waals surface area contributed by atoms with Gasteiger partial charge in [0, 0.05) is 31.7 Å². The first-order valence-corrected chi connectivity index (χ1v) is 14.1. The van der Waals surface area contributed by atoms with Crippen molar-refractivity contribution in [3.8, 4) is 11.5 Å². The van der Waals surface area contributed by atoms with Crippen LogP contribution in [0.25, 0.3) is 5.76 Å². The molecule has 8 nitrogen and oxygen atoms in total. The molecule has 2 aromatic carbocycles. The van der Waals surface area contributed by atoms with Crippen molar-refractivity contribution in [2.24, 2.45) is 0 Å². The second-order valence-corrected chi connectivity index (χ2v) is 9.95. The summed E-state index contributed by atoms with van der Waals surface area (Å²) in [6.07, 6.45) is 3.55. The van der Waals surface area contributed by atoms with Crippen LogP contribution in [0.5, 0.6) is 11.5 Å². The summed E-state index contributed by atoms with van der Waals surface area (Å²) in [6.45, 7) is 9.65. The number of unbranched alkanes of at least 4 members (excludes halogenated alkanes) is 1. The van der Waals surface area contributed by atoms with Crippen LogP contribution in [0, 0.1) is 0 Å². The fourth-order valence-corrected chi connectivity index (χ4v) is 4.94. The maximum atomic E-state index is 13.4. The molecular formula is C31H40N2O6. The van der Waals surface area contributed by atoms with E-state index in [1.165, 1.54) is 0 Å². The van der Waals surface area contributed by atoms with Crippen LogP contribution in [-0.2, 0) is 14.3 Å². The van der Waals surface area contributed by atoms with Crippen molar-refractivity contribution in [2.75, 3.05) is 52.6 Å². The fraction of sp³-hybridized carbons (Fsp3) is 0.484. The van der Waals surface area contributed by atoms with E-state index in [-0.39, 0.29) is 11.3 Å². The molecule has 8 heteroatoms. The van der Waals surface area contributed by atoms with Crippen LogP contribution in [0.2, 0.25) is 0 Å². The van der Waals surface area contributed by atoms with E-state index < -0.39 is 17.7 Å². The van der Waals surface area contributed by atoms with Crippen LogP contribution >= 0.6 is 0 Å². The second-order valence-electron chi connectivity index (χ2n) is 9.95. The maximum Gasteiger partial charge on any atom is 0.295 e. The van der Waals surface area contributed by atoms with Gasteiger partial charge in [-0.2, -0.15) is 0 Å². The first-order chi connectivity index (χ1) is 19.0. The van der Waals surface area contributed by atoms with Gasteiger partial charge >= 0.3 is 0 Å². The Kier molecular flexibility index (Phi) is 10.4. The monoisotopic (exact) mass is 536 g/mol. The van der Waals surface area contributed by atoms with Gasteiger partial charge in [-0.05, 0) is 61.2 Å². The van der Waals surface area contributed by atoms with E-state index in [9.17, 15) is 14.7 Å². The predicted molar refractivity (Wildman–Crippen MR) is 150 cm³/mol. The molecule has 0 aliphatic carbocycles. The smallest absolute Gasteiger partial charge is 0.295 e. The van der Waals surface area contributed by atoms with E-state index in [0.717, 1.165) is 44.5 Å². The molecule has 2 aromatic rings. The van der Waals surface area contributed by atoms with Gasteiger partial charge in [0.15, 0.2) is 0 Å². The molecule has 0 saturated carbocycles. The molecule has 0 bridgehead atoms. The summed E-state index contributed by atoms with van der Waals surface area (Å²) in [6, 6.07) is 13.7. The minimum atomic E-state index is -0.708. The molecule has 2 aliphatic rings. The zero-order chi connectivity index (χ0) is 27.6. The zero-order valence-electron chi connectivity index (χ0n) is 23.1. The van der Waals surface area contributed by atoms with E-state index in [4.69, 9.17) is 14.2 Å². The number of carbonyl (C=O) groups is 2. The molecule has 1 unspecified atom stereocenters. The summed E-state index contributed by atoms with van der Waals surface area (Å²) < 4.78 is 17.0. The Morgan fingerprint density at radius 2 is 1.67 bits per heavy atom. The average molecular weight is 537 g/mol. The summed E-state index contributed by atoms with van der Waals surface area (Å²) in [5.41, 5.74) is 1.30. The van der Waals surface area contributed by atoms with Gasteiger partial charge in [-0.25, -0.2) is 0 Å². The second kappa shape index (κ2) is 14.1. The minimum absolute atomic E-state index is 0.0966. The number of morpholine rings is 1. The van der Waals surface area contributed by atoms with Crippen molar-refractivity contribution in [1.29, 1.82) is 0 Å². The topological polar surface area (TPSA) is 88.5 Å². The zero-order valence-corrected chi connectivity index (χ0v) is 23.1. The largest absolute Gasteiger partial charge is 0.507 e. The van der Waals surface area contributed by atoms with Gasteiger partial charge in [0.05, 0.1) is 38.0 Å². The Labute approximate surface area is 231 Å². The first-order valence-electron chi connectivity index (χ1n) is 14.1. The molecule has 39 heavy (non-hydrogen) atoms. The Morgan fingerprint density at radius 3 is 2.38 bits per heavy atom. The third-order valence-electron chi connectivity index (χ3n) is 7.06. The van der Waals surface area contributed by atoms with Crippen LogP contribution in [0.1, 0.15) is 56.7 Å². The quantitative estimate of drug-likeness (QED) is 0.170. The van der Waals surface area contributed by atoms with Crippen molar-refractivity contribution in [3.63, 3.8) is 0 Å². The van der Waals surface area contributed by atoms with Crippen LogP contribution in [-0.4, -0.2) is 79.2 Å². The minimum Gasteiger partial charge on any atom is -0.507 e. The molecule has 1 atom stereocenters. The van der Waals surface area contributed by atoms with Crippen LogP contribution < -0.4 is 9.47 Å². The Morgan fingerprint density at radius 1 is 0.923 bits per heavy atom. The van der Waals surface area contributed by atoms with Crippen molar-refractivity contribution >= 4 is 17.4 Å². The molecular weight excluding hydrogens is 496 g/mol. The summed E-state index contributed by atoms with van der Waals surface area (Å²) in [7, 11) is 0. The Hall–Kier alpha value is -3.36. The highest BCUT2D eigenvalue weighted by molar-refractivity contribution is 6.46. The van der Waals surface area contributed by atoms with Crippen LogP contribution in [0.15, 0.2) is 54.1 Å². The molecule has 1 amide bonds. The number of hydrogen-bond donors (Lipinski definition) is 1. The number of aliphatic hydroxyl groups excluding tert-OH is 1. The van der Waals surface area contributed by atoms with Gasteiger partial charge in [0.2, 0.25) is 0 Å². The van der Waals surface area contributed by atoms with Crippen molar-refractivity contribution < 1.29 is 28.9 Å². The van der Waals surface area contributed by atoms with E-state index in [1.54, 1.807) is 29.2 Å². The summed E-state index contributed by atoms with van der Waals surface area (Å²) >= 11 is 0. The predicted octanol–water partition coefficient (Wildman–Crippen LogP) is 4.80. The Bertz CT molecular complexity index is 1140. The number of ether oxygens (including phenoxy) is 3. The lowest BCUT2D eigenvalue weighted by Crippen LogP contribution is -2.38. The molecule has 2 saturated heterocycles. The Balaban J connectivity index is 1.64. The van der Waals surface area contributed by atoms with E-state index in [2.05, 4.69) is 11.8 Å². The molecule has 0 aromatic heterocycles. The maximum absolute atomic E-state index is 13.4. The third kappa shape index (κ3) is 7.19. The van der Waals surface area contributed by atoms with Crippen molar-refractivity contribution in [1.82, 2.24) is 9.80 Å². The number of benzene rings is 2. The number of nitrogens with zero attached hydrogens (tertiary/aromatic N) is 2. The number of hydrogen-bond acceptors (Lipinski definition) is 7. The van der Waals surface area contributed by atoms with Gasteiger partial charge in [-0.15, -0.1) is 0 Å². The molecule has 4 rings (SSSR count). The molecule has 2 aliphatic heterocycles. The highest BCUT2D eigenvalue weighted by Gasteiger charge is 2.46. The SMILES string of the molecule is CCCCOc1cccc(C2C(=C(O)c3ccc(OCCC)cc3)C(=O)C(=O)N2CCCN2CCOCC2)c1. The molecule has 210 valence electrons. The lowest BCUT2D eigenvalue weighted by atomic mass is 9.95. The van der Waals surface area contributed by atoms with Crippen LogP contribution in [0.4, 0.5) is 0 Å². The number of rotatable bonds is 13. The van der Waals surface area contributed by atoms with Gasteiger partial charge < -0.3 is 24.2 Å². The number of amides is 1. The third-order valence-corrected chi connectivity index (χ3v) is 7.06.